The van der Waals surface area contributed by atoms with Gasteiger partial charge in [0.2, 0.25) is 0 Å². The fourth-order valence-corrected chi connectivity index (χ4v) is 5.31. The highest BCUT2D eigenvalue weighted by Crippen LogP contribution is 2.46. The zero-order chi connectivity index (χ0) is 25.9. The molecule has 0 saturated carbocycles. The lowest BCUT2D eigenvalue weighted by atomic mass is 9.71. The maximum atomic E-state index is 14.4. The van der Waals surface area contributed by atoms with Crippen LogP contribution in [0.2, 0.25) is 0 Å². The summed E-state index contributed by atoms with van der Waals surface area (Å²) in [6, 6.07) is 23.6. The van der Waals surface area contributed by atoms with Gasteiger partial charge in [-0.05, 0) is 61.6 Å². The molecule has 188 valence electrons. The number of rotatable bonds is 6. The molecule has 1 amide bonds. The van der Waals surface area contributed by atoms with Gasteiger partial charge in [-0.15, -0.1) is 0 Å². The number of hydrogen-bond acceptors (Lipinski definition) is 4. The average Bonchev–Trinajstić information content (AvgIpc) is 2.90. The molecule has 0 bridgehead atoms. The molecule has 0 spiro atoms. The van der Waals surface area contributed by atoms with E-state index in [0.717, 1.165) is 16.8 Å². The van der Waals surface area contributed by atoms with Crippen LogP contribution in [0, 0.1) is 5.82 Å². The minimum atomic E-state index is -0.581. The summed E-state index contributed by atoms with van der Waals surface area (Å²) in [5, 5.41) is 6.09. The van der Waals surface area contributed by atoms with Crippen LogP contribution in [0.5, 0.6) is 5.75 Å². The molecular formula is C31H29FN2O3. The average molecular weight is 497 g/mol. The van der Waals surface area contributed by atoms with Crippen LogP contribution in [0.3, 0.4) is 0 Å². The summed E-state index contributed by atoms with van der Waals surface area (Å²) in [6.45, 7) is 4.29. The zero-order valence-corrected chi connectivity index (χ0v) is 20.9. The van der Waals surface area contributed by atoms with Gasteiger partial charge in [0.15, 0.2) is 5.78 Å². The lowest BCUT2D eigenvalue weighted by Crippen LogP contribution is -2.37. The first-order valence-corrected chi connectivity index (χ1v) is 12.5. The zero-order valence-electron chi connectivity index (χ0n) is 20.9. The smallest absolute Gasteiger partial charge is 0.254 e. The van der Waals surface area contributed by atoms with Gasteiger partial charge in [0.1, 0.15) is 11.6 Å². The number of anilines is 1. The van der Waals surface area contributed by atoms with E-state index in [1.807, 2.05) is 68.4 Å². The summed E-state index contributed by atoms with van der Waals surface area (Å²) in [5.74, 6) is -0.768. The summed E-state index contributed by atoms with van der Waals surface area (Å²) in [4.78, 5) is 27.3. The van der Waals surface area contributed by atoms with E-state index in [2.05, 4.69) is 10.6 Å². The first-order valence-electron chi connectivity index (χ1n) is 12.5. The largest absolute Gasteiger partial charge is 0.494 e. The van der Waals surface area contributed by atoms with E-state index in [1.54, 1.807) is 12.1 Å². The van der Waals surface area contributed by atoms with Crippen molar-refractivity contribution in [3.05, 3.63) is 118 Å². The summed E-state index contributed by atoms with van der Waals surface area (Å²) >= 11 is 0. The maximum Gasteiger partial charge on any atom is 0.254 e. The summed E-state index contributed by atoms with van der Waals surface area (Å²) < 4.78 is 20.0. The van der Waals surface area contributed by atoms with Crippen LogP contribution >= 0.6 is 0 Å². The highest BCUT2D eigenvalue weighted by atomic mass is 19.1. The fourth-order valence-electron chi connectivity index (χ4n) is 5.31. The monoisotopic (exact) mass is 496 g/mol. The topological polar surface area (TPSA) is 67.4 Å². The Morgan fingerprint density at radius 2 is 1.68 bits per heavy atom. The van der Waals surface area contributed by atoms with E-state index < -0.39 is 17.6 Å². The number of carbonyl (C=O) groups is 2. The standard InChI is InChI=1S/C31H29FN2O3/c1-3-37-23-15-13-21(14-16-23)29-28(31(36)34-25-12-8-7-11-24(25)32)19(2)33-26-17-22(18-27(35)30(26)29)20-9-5-4-6-10-20/h4-16,22,29,33H,3,17-18H2,1-2H3,(H,34,36)/t22-,29+/m0/s1. The Balaban J connectivity index is 1.56. The van der Waals surface area contributed by atoms with Crippen molar-refractivity contribution in [2.45, 2.75) is 38.5 Å². The van der Waals surface area contributed by atoms with Crippen molar-refractivity contribution in [1.29, 1.82) is 0 Å². The summed E-state index contributed by atoms with van der Waals surface area (Å²) in [6.07, 6.45) is 1.03. The molecule has 37 heavy (non-hydrogen) atoms. The van der Waals surface area contributed by atoms with Crippen LogP contribution in [0.1, 0.15) is 49.7 Å². The number of para-hydroxylation sites is 1. The van der Waals surface area contributed by atoms with Gasteiger partial charge in [-0.1, -0.05) is 54.6 Å². The SMILES string of the molecule is CCOc1ccc([C@@H]2C(C(=O)Nc3ccccc3F)=C(C)NC3=C2C(=O)C[C@@H](c2ccccc2)C3)cc1. The molecule has 2 aliphatic rings. The molecule has 2 N–H and O–H groups in total. The molecule has 1 aliphatic carbocycles. The van der Waals surface area contributed by atoms with Crippen molar-refractivity contribution >= 4 is 17.4 Å². The van der Waals surface area contributed by atoms with Gasteiger partial charge in [0.05, 0.1) is 12.3 Å². The Bertz CT molecular complexity index is 1390. The van der Waals surface area contributed by atoms with E-state index in [1.165, 1.54) is 12.1 Å². The molecule has 5 rings (SSSR count). The van der Waals surface area contributed by atoms with Crippen molar-refractivity contribution in [2.75, 3.05) is 11.9 Å². The summed E-state index contributed by atoms with van der Waals surface area (Å²) in [5.41, 5.74) is 4.50. The highest BCUT2D eigenvalue weighted by molar-refractivity contribution is 6.10. The third-order valence-corrected chi connectivity index (χ3v) is 6.99. The second-order valence-electron chi connectivity index (χ2n) is 9.36. The molecule has 3 aromatic carbocycles. The normalized spacial score (nSPS) is 19.3. The number of amides is 1. The molecule has 6 heteroatoms. The predicted octanol–water partition coefficient (Wildman–Crippen LogP) is 6.22. The van der Waals surface area contributed by atoms with Gasteiger partial charge in [0.25, 0.3) is 5.91 Å². The van der Waals surface area contributed by atoms with Crippen molar-refractivity contribution in [2.24, 2.45) is 0 Å². The molecule has 1 aliphatic heterocycles. The quantitative estimate of drug-likeness (QED) is 0.425. The first-order chi connectivity index (χ1) is 18.0. The Labute approximate surface area is 216 Å². The number of ketones is 1. The molecule has 0 unspecified atom stereocenters. The molecular weight excluding hydrogens is 467 g/mol. The van der Waals surface area contributed by atoms with Crippen LogP contribution in [-0.2, 0) is 9.59 Å². The number of nitrogens with one attached hydrogen (secondary N) is 2. The highest BCUT2D eigenvalue weighted by Gasteiger charge is 2.41. The third-order valence-electron chi connectivity index (χ3n) is 6.99. The molecule has 2 atom stereocenters. The van der Waals surface area contributed by atoms with Gasteiger partial charge in [-0.25, -0.2) is 4.39 Å². The number of allylic oxidation sites excluding steroid dienone is 3. The van der Waals surface area contributed by atoms with Crippen LogP contribution in [0.4, 0.5) is 10.1 Å². The number of halogens is 1. The van der Waals surface area contributed by atoms with Gasteiger partial charge in [-0.2, -0.15) is 0 Å². The predicted molar refractivity (Wildman–Crippen MR) is 142 cm³/mol. The fraction of sp³-hybridized carbons (Fsp3) is 0.226. The molecule has 5 nitrogen and oxygen atoms in total. The van der Waals surface area contributed by atoms with Gasteiger partial charge >= 0.3 is 0 Å². The molecule has 0 fully saturated rings. The van der Waals surface area contributed by atoms with Crippen molar-refractivity contribution in [3.63, 3.8) is 0 Å². The number of Topliss-reactive ketones (excluding diaryl/α,β-unsaturated/α-hetero) is 1. The van der Waals surface area contributed by atoms with E-state index in [4.69, 9.17) is 4.74 Å². The van der Waals surface area contributed by atoms with Crippen molar-refractivity contribution in [1.82, 2.24) is 5.32 Å². The van der Waals surface area contributed by atoms with Crippen LogP contribution in [0.15, 0.2) is 101 Å². The van der Waals surface area contributed by atoms with Gasteiger partial charge < -0.3 is 15.4 Å². The molecule has 1 heterocycles. The number of hydrogen-bond donors (Lipinski definition) is 2. The van der Waals surface area contributed by atoms with Gasteiger partial charge in [-0.3, -0.25) is 9.59 Å². The number of ether oxygens (including phenoxy) is 1. The number of benzene rings is 3. The number of dihydropyridines is 1. The second kappa shape index (κ2) is 10.4. The van der Waals surface area contributed by atoms with Crippen LogP contribution < -0.4 is 15.4 Å². The van der Waals surface area contributed by atoms with Gasteiger partial charge in [0, 0.05) is 34.9 Å². The third kappa shape index (κ3) is 4.92. The van der Waals surface area contributed by atoms with E-state index in [0.29, 0.717) is 42.0 Å². The summed E-state index contributed by atoms with van der Waals surface area (Å²) in [7, 11) is 0. The number of carbonyl (C=O) groups excluding carboxylic acids is 2. The molecule has 3 aromatic rings. The lowest BCUT2D eigenvalue weighted by Gasteiger charge is -2.37. The minimum Gasteiger partial charge on any atom is -0.494 e. The van der Waals surface area contributed by atoms with Crippen LogP contribution in [-0.4, -0.2) is 18.3 Å². The molecule has 0 saturated heterocycles. The van der Waals surface area contributed by atoms with E-state index in [9.17, 15) is 14.0 Å². The van der Waals surface area contributed by atoms with E-state index in [-0.39, 0.29) is 17.4 Å². The second-order valence-corrected chi connectivity index (χ2v) is 9.36. The molecule has 0 aromatic heterocycles. The first kappa shape index (κ1) is 24.5. The maximum absolute atomic E-state index is 14.4. The Kier molecular flexibility index (Phi) is 6.91. The Hall–Kier alpha value is -4.19. The van der Waals surface area contributed by atoms with Crippen molar-refractivity contribution < 1.29 is 18.7 Å². The van der Waals surface area contributed by atoms with Crippen LogP contribution in [0.25, 0.3) is 0 Å². The lowest BCUT2D eigenvalue weighted by molar-refractivity contribution is -0.116. The Morgan fingerprint density at radius 1 is 0.973 bits per heavy atom. The van der Waals surface area contributed by atoms with E-state index >= 15 is 0 Å². The molecule has 0 radical (unpaired) electrons. The minimum absolute atomic E-state index is 0.00480. The Morgan fingerprint density at radius 3 is 2.38 bits per heavy atom. The van der Waals surface area contributed by atoms with Crippen molar-refractivity contribution in [3.8, 4) is 5.75 Å².